The van der Waals surface area contributed by atoms with Crippen LogP contribution in [0.2, 0.25) is 0 Å². The summed E-state index contributed by atoms with van der Waals surface area (Å²) < 4.78 is 43.1. The summed E-state index contributed by atoms with van der Waals surface area (Å²) in [6, 6.07) is 0. The molecule has 92 valence electrons. The fourth-order valence-corrected chi connectivity index (χ4v) is 3.56. The molecule has 0 aromatic rings. The molecule has 0 aliphatic carbocycles. The lowest BCUT2D eigenvalue weighted by atomic mass is 10.2. The molecule has 0 N–H and O–H groups in total. The summed E-state index contributed by atoms with van der Waals surface area (Å²) in [5, 5.41) is -0.600. The van der Waals surface area contributed by atoms with E-state index in [1.165, 1.54) is 0 Å². The van der Waals surface area contributed by atoms with Crippen LogP contribution in [0.3, 0.4) is 0 Å². The molecule has 1 atom stereocenters. The second-order valence-corrected chi connectivity index (χ2v) is 9.05. The molecule has 0 spiro atoms. The zero-order chi connectivity index (χ0) is 12.1. The highest BCUT2D eigenvalue weighted by molar-refractivity contribution is 8.14. The Morgan fingerprint density at radius 1 is 1.07 bits per heavy atom. The lowest BCUT2D eigenvalue weighted by Gasteiger charge is -2.09. The van der Waals surface area contributed by atoms with Crippen LogP contribution in [0.15, 0.2) is 0 Å². The molecule has 0 amide bonds. The molecule has 1 unspecified atom stereocenters. The van der Waals surface area contributed by atoms with Crippen molar-refractivity contribution in [3.63, 3.8) is 0 Å². The third-order valence-corrected chi connectivity index (χ3v) is 5.38. The highest BCUT2D eigenvalue weighted by Gasteiger charge is 2.20. The van der Waals surface area contributed by atoms with Gasteiger partial charge in [0.25, 0.3) is 0 Å². The molecule has 0 bridgehead atoms. The molecule has 0 fully saturated rings. The molecule has 0 saturated carbocycles. The predicted molar refractivity (Wildman–Crippen MR) is 62.3 cm³/mol. The molecule has 8 heteroatoms. The minimum atomic E-state index is -3.54. The van der Waals surface area contributed by atoms with E-state index in [1.807, 2.05) is 0 Å². The standard InChI is InChI=1S/C7H14Cl2O4S2/c1-2-7(15(9,12)13)5-3-4-6-14(8,10)11/h7H,2-6H2,1H3. The number of hydrogen-bond acceptors (Lipinski definition) is 4. The fourth-order valence-electron chi connectivity index (χ4n) is 1.19. The van der Waals surface area contributed by atoms with Gasteiger partial charge < -0.3 is 0 Å². The summed E-state index contributed by atoms with van der Waals surface area (Å²) in [6.07, 6.45) is 1.64. The molecule has 0 aromatic carbocycles. The molecule has 0 heterocycles. The van der Waals surface area contributed by atoms with E-state index in [0.29, 0.717) is 25.7 Å². The highest BCUT2D eigenvalue weighted by atomic mass is 35.7. The van der Waals surface area contributed by atoms with Gasteiger partial charge in [0, 0.05) is 21.4 Å². The molecule has 0 aromatic heterocycles. The summed E-state index contributed by atoms with van der Waals surface area (Å²) >= 11 is 0. The zero-order valence-corrected chi connectivity index (χ0v) is 11.5. The van der Waals surface area contributed by atoms with Gasteiger partial charge in [0.1, 0.15) is 0 Å². The van der Waals surface area contributed by atoms with E-state index in [4.69, 9.17) is 21.4 Å². The Morgan fingerprint density at radius 3 is 1.93 bits per heavy atom. The third kappa shape index (κ3) is 8.30. The smallest absolute Gasteiger partial charge is 0.212 e. The minimum absolute atomic E-state index is 0.132. The Kier molecular flexibility index (Phi) is 6.47. The maximum Gasteiger partial charge on any atom is 0.235 e. The Hall–Kier alpha value is 0.480. The largest absolute Gasteiger partial charge is 0.235 e. The maximum absolute atomic E-state index is 11.0. The van der Waals surface area contributed by atoms with Gasteiger partial charge in [-0.15, -0.1) is 0 Å². The fraction of sp³-hybridized carbons (Fsp3) is 1.00. The molecular weight excluding hydrogens is 283 g/mol. The Labute approximate surface area is 99.8 Å². The van der Waals surface area contributed by atoms with Crippen molar-refractivity contribution in [3.05, 3.63) is 0 Å². The highest BCUT2D eigenvalue weighted by Crippen LogP contribution is 2.18. The summed E-state index contributed by atoms with van der Waals surface area (Å²) in [5.74, 6) is -0.132. The molecule has 0 aliphatic rings. The first-order valence-electron chi connectivity index (χ1n) is 4.52. The van der Waals surface area contributed by atoms with Gasteiger partial charge in [-0.05, 0) is 19.3 Å². The number of hydrogen-bond donors (Lipinski definition) is 0. The van der Waals surface area contributed by atoms with Crippen LogP contribution in [0.5, 0.6) is 0 Å². The van der Waals surface area contributed by atoms with Gasteiger partial charge in [-0.3, -0.25) is 0 Å². The van der Waals surface area contributed by atoms with E-state index in [2.05, 4.69) is 0 Å². The van der Waals surface area contributed by atoms with Gasteiger partial charge in [0.15, 0.2) is 0 Å². The van der Waals surface area contributed by atoms with Crippen molar-refractivity contribution in [3.8, 4) is 0 Å². The van der Waals surface area contributed by atoms with Crippen LogP contribution in [0, 0.1) is 0 Å². The second kappa shape index (κ2) is 6.27. The van der Waals surface area contributed by atoms with Crippen molar-refractivity contribution in [1.29, 1.82) is 0 Å². The molecule has 0 saturated heterocycles. The van der Waals surface area contributed by atoms with E-state index in [-0.39, 0.29) is 5.75 Å². The van der Waals surface area contributed by atoms with E-state index in [9.17, 15) is 16.8 Å². The monoisotopic (exact) mass is 296 g/mol. The average Bonchev–Trinajstić information content (AvgIpc) is 1.99. The van der Waals surface area contributed by atoms with Gasteiger partial charge in [-0.25, -0.2) is 16.8 Å². The van der Waals surface area contributed by atoms with Gasteiger partial charge in [-0.1, -0.05) is 13.3 Å². The topological polar surface area (TPSA) is 68.3 Å². The molecular formula is C7H14Cl2O4S2. The molecule has 0 aliphatic heterocycles. The van der Waals surface area contributed by atoms with Gasteiger partial charge in [0.2, 0.25) is 18.1 Å². The lowest BCUT2D eigenvalue weighted by molar-refractivity contribution is 0.569. The SMILES string of the molecule is CCC(CCCCS(=O)(=O)Cl)S(=O)(=O)Cl. The summed E-state index contributed by atoms with van der Waals surface area (Å²) in [6.45, 7) is 1.73. The van der Waals surface area contributed by atoms with Crippen LogP contribution in [-0.2, 0) is 18.1 Å². The van der Waals surface area contributed by atoms with Crippen LogP contribution in [0.1, 0.15) is 32.6 Å². The van der Waals surface area contributed by atoms with Crippen LogP contribution in [0.25, 0.3) is 0 Å². The summed E-state index contributed by atoms with van der Waals surface area (Å²) in [4.78, 5) is 0. The Morgan fingerprint density at radius 2 is 1.60 bits per heavy atom. The number of halogens is 2. The van der Waals surface area contributed by atoms with Crippen LogP contribution < -0.4 is 0 Å². The van der Waals surface area contributed by atoms with Gasteiger partial charge in [0.05, 0.1) is 11.0 Å². The Balaban J connectivity index is 3.95. The van der Waals surface area contributed by atoms with Crippen molar-refractivity contribution in [2.75, 3.05) is 5.75 Å². The van der Waals surface area contributed by atoms with Crippen LogP contribution >= 0.6 is 21.4 Å². The summed E-state index contributed by atoms with van der Waals surface area (Å²) in [7, 11) is 3.18. The first kappa shape index (κ1) is 15.5. The van der Waals surface area contributed by atoms with Crippen molar-refractivity contribution < 1.29 is 16.8 Å². The van der Waals surface area contributed by atoms with E-state index >= 15 is 0 Å². The van der Waals surface area contributed by atoms with E-state index in [1.54, 1.807) is 6.92 Å². The summed E-state index contributed by atoms with van der Waals surface area (Å²) in [5.41, 5.74) is 0. The molecule has 0 radical (unpaired) electrons. The van der Waals surface area contributed by atoms with Crippen LogP contribution in [-0.4, -0.2) is 27.8 Å². The average molecular weight is 297 g/mol. The quantitative estimate of drug-likeness (QED) is 0.533. The second-order valence-electron chi connectivity index (χ2n) is 3.24. The maximum atomic E-state index is 11.0. The predicted octanol–water partition coefficient (Wildman–Crippen LogP) is 2.07. The zero-order valence-electron chi connectivity index (χ0n) is 8.32. The molecule has 0 rings (SSSR count). The minimum Gasteiger partial charge on any atom is -0.212 e. The molecule has 4 nitrogen and oxygen atoms in total. The Bertz CT molecular complexity index is 374. The van der Waals surface area contributed by atoms with Crippen molar-refractivity contribution in [1.82, 2.24) is 0 Å². The first-order chi connectivity index (χ1) is 6.67. The van der Waals surface area contributed by atoms with Gasteiger partial charge in [-0.2, -0.15) is 0 Å². The molecule has 15 heavy (non-hydrogen) atoms. The van der Waals surface area contributed by atoms with E-state index < -0.39 is 23.4 Å². The number of rotatable bonds is 7. The first-order valence-corrected chi connectivity index (χ1v) is 9.37. The number of unbranched alkanes of at least 4 members (excludes halogenated alkanes) is 1. The van der Waals surface area contributed by atoms with E-state index in [0.717, 1.165) is 0 Å². The van der Waals surface area contributed by atoms with Crippen LogP contribution in [0.4, 0.5) is 0 Å². The van der Waals surface area contributed by atoms with Crippen molar-refractivity contribution in [2.45, 2.75) is 37.9 Å². The van der Waals surface area contributed by atoms with Crippen molar-refractivity contribution >= 4 is 39.5 Å². The third-order valence-electron chi connectivity index (χ3n) is 2.02. The van der Waals surface area contributed by atoms with Crippen molar-refractivity contribution in [2.24, 2.45) is 0 Å². The van der Waals surface area contributed by atoms with Gasteiger partial charge >= 0.3 is 0 Å². The lowest BCUT2D eigenvalue weighted by Crippen LogP contribution is -2.15. The normalized spacial score (nSPS) is 15.1.